The van der Waals surface area contributed by atoms with Crippen LogP contribution in [0.5, 0.6) is 11.5 Å². The van der Waals surface area contributed by atoms with Crippen LogP contribution in [0, 0.1) is 13.8 Å². The van der Waals surface area contributed by atoms with Gasteiger partial charge in [0.2, 0.25) is 0 Å². The van der Waals surface area contributed by atoms with Gasteiger partial charge >= 0.3 is 0 Å². The quantitative estimate of drug-likeness (QED) is 0.275. The van der Waals surface area contributed by atoms with Crippen molar-refractivity contribution >= 4 is 18.5 Å². The first kappa shape index (κ1) is 28.6. The fraction of sp³-hybridized carbons (Fsp3) is 0.586. The van der Waals surface area contributed by atoms with E-state index >= 15 is 0 Å². The predicted octanol–water partition coefficient (Wildman–Crippen LogP) is 6.71. The zero-order chi connectivity index (χ0) is 25.7. The Kier molecular flexibility index (Phi) is 10.0. The summed E-state index contributed by atoms with van der Waals surface area (Å²) in [7, 11) is 2.59. The minimum atomic E-state index is -0.746. The second-order valence-corrected chi connectivity index (χ2v) is 13.3. The molecule has 0 saturated carbocycles. The summed E-state index contributed by atoms with van der Waals surface area (Å²) in [6, 6.07) is 9.23. The lowest BCUT2D eigenvalue weighted by molar-refractivity contribution is 0.0513. The van der Waals surface area contributed by atoms with Crippen molar-refractivity contribution in [3.05, 3.63) is 46.5 Å². The summed E-state index contributed by atoms with van der Waals surface area (Å²) >= 11 is 0. The van der Waals surface area contributed by atoms with Crippen molar-refractivity contribution in [2.24, 2.45) is 0 Å². The third-order valence-corrected chi connectivity index (χ3v) is 8.64. The number of rotatable bonds is 10. The van der Waals surface area contributed by atoms with Crippen LogP contribution in [0.1, 0.15) is 77.1 Å². The first-order valence-corrected chi connectivity index (χ1v) is 13.7. The van der Waals surface area contributed by atoms with Crippen LogP contribution in [0.4, 0.5) is 0 Å². The average molecular weight is 489 g/mol. The van der Waals surface area contributed by atoms with E-state index in [1.54, 1.807) is 14.2 Å². The average Bonchev–Trinajstić information content (AvgIpc) is 2.73. The second-order valence-electron chi connectivity index (χ2n) is 11.0. The van der Waals surface area contributed by atoms with Gasteiger partial charge in [-0.05, 0) is 73.1 Å². The molecular weight excluding hydrogens is 443 g/mol. The Morgan fingerprint density at radius 2 is 1.06 bits per heavy atom. The standard InChI is InChI=1S/C29H45O4P/c1-12-13-34(24-16-22(28(4,5)6)14-20(2)26(24)32-18-30-10)25-17-23(29(7,8)9)15-21(3)27(25)33-19-31-11/h14-17H,12-13,18-19H2,1-11H3. The lowest BCUT2D eigenvalue weighted by atomic mass is 9.86. The number of hydrogen-bond donors (Lipinski definition) is 0. The third kappa shape index (κ3) is 6.97. The van der Waals surface area contributed by atoms with E-state index in [1.165, 1.54) is 21.7 Å². The van der Waals surface area contributed by atoms with Crippen molar-refractivity contribution in [1.29, 1.82) is 0 Å². The molecule has 5 heteroatoms. The molecule has 0 unspecified atom stereocenters. The van der Waals surface area contributed by atoms with Gasteiger partial charge in [-0.2, -0.15) is 0 Å². The molecule has 190 valence electrons. The minimum Gasteiger partial charge on any atom is -0.467 e. The Bertz CT molecular complexity index is 879. The Labute approximate surface area is 209 Å². The van der Waals surface area contributed by atoms with E-state index in [4.69, 9.17) is 18.9 Å². The van der Waals surface area contributed by atoms with Gasteiger partial charge in [0.05, 0.1) is 0 Å². The van der Waals surface area contributed by atoms with Crippen LogP contribution in [-0.2, 0) is 20.3 Å². The van der Waals surface area contributed by atoms with Gasteiger partial charge < -0.3 is 18.9 Å². The normalized spacial score (nSPS) is 12.4. The molecule has 2 aromatic rings. The van der Waals surface area contributed by atoms with E-state index < -0.39 is 7.92 Å². The maximum absolute atomic E-state index is 6.21. The summed E-state index contributed by atoms with van der Waals surface area (Å²) in [5, 5.41) is 2.51. The molecule has 0 bridgehead atoms. The first-order valence-electron chi connectivity index (χ1n) is 12.2. The molecule has 0 radical (unpaired) electrons. The summed E-state index contributed by atoms with van der Waals surface area (Å²) in [6.45, 7) is 20.6. The Morgan fingerprint density at radius 1 is 0.676 bits per heavy atom. The smallest absolute Gasteiger partial charge is 0.188 e. The predicted molar refractivity (Wildman–Crippen MR) is 146 cm³/mol. The van der Waals surface area contributed by atoms with Gasteiger partial charge in [0.15, 0.2) is 13.6 Å². The van der Waals surface area contributed by atoms with Crippen molar-refractivity contribution in [1.82, 2.24) is 0 Å². The lowest BCUT2D eigenvalue weighted by Gasteiger charge is -2.30. The SMILES string of the molecule is CCCP(c1cc(C(C)(C)C)cc(C)c1OCOC)c1cc(C(C)(C)C)cc(C)c1OCOC. The van der Waals surface area contributed by atoms with Gasteiger partial charge in [-0.3, -0.25) is 0 Å². The van der Waals surface area contributed by atoms with Gasteiger partial charge in [0.25, 0.3) is 0 Å². The molecule has 0 heterocycles. The molecule has 2 aromatic carbocycles. The van der Waals surface area contributed by atoms with E-state index in [9.17, 15) is 0 Å². The zero-order valence-corrected chi connectivity index (χ0v) is 24.1. The molecule has 0 fully saturated rings. The molecule has 0 saturated heterocycles. The van der Waals surface area contributed by atoms with Crippen LogP contribution in [0.25, 0.3) is 0 Å². The zero-order valence-electron chi connectivity index (χ0n) is 23.2. The van der Waals surface area contributed by atoms with Crippen molar-refractivity contribution in [3.63, 3.8) is 0 Å². The van der Waals surface area contributed by atoms with Crippen LogP contribution in [-0.4, -0.2) is 34.0 Å². The van der Waals surface area contributed by atoms with Crippen LogP contribution in [0.2, 0.25) is 0 Å². The molecule has 2 rings (SSSR count). The highest BCUT2D eigenvalue weighted by Crippen LogP contribution is 2.45. The Hall–Kier alpha value is -1.61. The van der Waals surface area contributed by atoms with Crippen molar-refractivity contribution in [3.8, 4) is 11.5 Å². The van der Waals surface area contributed by atoms with Crippen LogP contribution >= 0.6 is 7.92 Å². The van der Waals surface area contributed by atoms with Crippen LogP contribution < -0.4 is 20.1 Å². The molecule has 0 aliphatic heterocycles. The highest BCUT2D eigenvalue weighted by atomic mass is 31.1. The number of benzene rings is 2. The highest BCUT2D eigenvalue weighted by molar-refractivity contribution is 7.73. The third-order valence-electron chi connectivity index (χ3n) is 5.91. The summed E-state index contributed by atoms with van der Waals surface area (Å²) in [6.07, 6.45) is 2.11. The highest BCUT2D eigenvalue weighted by Gasteiger charge is 2.28. The van der Waals surface area contributed by atoms with E-state index in [2.05, 4.69) is 86.6 Å². The van der Waals surface area contributed by atoms with Crippen molar-refractivity contribution in [2.75, 3.05) is 34.0 Å². The minimum absolute atomic E-state index is 0.0328. The Balaban J connectivity index is 2.88. The summed E-state index contributed by atoms with van der Waals surface area (Å²) in [5.41, 5.74) is 4.99. The topological polar surface area (TPSA) is 36.9 Å². The second kappa shape index (κ2) is 11.9. The molecule has 0 amide bonds. The Morgan fingerprint density at radius 3 is 1.35 bits per heavy atom. The molecule has 0 N–H and O–H groups in total. The van der Waals surface area contributed by atoms with Gasteiger partial charge in [-0.15, -0.1) is 0 Å². The van der Waals surface area contributed by atoms with Crippen molar-refractivity contribution in [2.45, 2.75) is 79.6 Å². The largest absolute Gasteiger partial charge is 0.467 e. The molecule has 0 aliphatic rings. The molecule has 4 nitrogen and oxygen atoms in total. The molecular formula is C29H45O4P. The molecule has 0 atom stereocenters. The maximum Gasteiger partial charge on any atom is 0.188 e. The number of hydrogen-bond acceptors (Lipinski definition) is 4. The molecule has 0 aromatic heterocycles. The van der Waals surface area contributed by atoms with Gasteiger partial charge in [0, 0.05) is 24.8 Å². The van der Waals surface area contributed by atoms with E-state index in [0.29, 0.717) is 0 Å². The van der Waals surface area contributed by atoms with E-state index in [0.717, 1.165) is 35.2 Å². The summed E-state index contributed by atoms with van der Waals surface area (Å²) in [4.78, 5) is 0. The van der Waals surface area contributed by atoms with Gasteiger partial charge in [-0.25, -0.2) is 0 Å². The lowest BCUT2D eigenvalue weighted by Crippen LogP contribution is -2.25. The number of aryl methyl sites for hydroxylation is 2. The molecule has 0 aliphatic carbocycles. The summed E-state index contributed by atoms with van der Waals surface area (Å²) < 4.78 is 23.0. The van der Waals surface area contributed by atoms with E-state index in [-0.39, 0.29) is 24.4 Å². The summed E-state index contributed by atoms with van der Waals surface area (Å²) in [5.74, 6) is 1.87. The molecule has 34 heavy (non-hydrogen) atoms. The molecule has 0 spiro atoms. The first-order chi connectivity index (χ1) is 15.8. The van der Waals surface area contributed by atoms with Crippen LogP contribution in [0.15, 0.2) is 24.3 Å². The van der Waals surface area contributed by atoms with E-state index in [1.807, 2.05) is 0 Å². The van der Waals surface area contributed by atoms with Crippen LogP contribution in [0.3, 0.4) is 0 Å². The maximum atomic E-state index is 6.21. The van der Waals surface area contributed by atoms with Gasteiger partial charge in [-0.1, -0.05) is 67.0 Å². The van der Waals surface area contributed by atoms with Crippen molar-refractivity contribution < 1.29 is 18.9 Å². The number of methoxy groups -OCH3 is 2. The van der Waals surface area contributed by atoms with Gasteiger partial charge in [0.1, 0.15) is 11.5 Å². The monoisotopic (exact) mass is 488 g/mol. The number of ether oxygens (including phenoxy) is 4. The fourth-order valence-electron chi connectivity index (χ4n) is 3.98. The fourth-order valence-corrected chi connectivity index (χ4v) is 6.73.